The number of halogens is 1. The molecule has 0 aromatic heterocycles. The molecule has 2 rings (SSSR count). The number of aliphatic hydroxyl groups excluding tert-OH is 1. The third kappa shape index (κ3) is 3.26. The van der Waals surface area contributed by atoms with Crippen molar-refractivity contribution in [1.82, 2.24) is 5.32 Å². The summed E-state index contributed by atoms with van der Waals surface area (Å²) < 4.78 is 13.0. The lowest BCUT2D eigenvalue weighted by molar-refractivity contribution is 0.148. The molecule has 1 unspecified atom stereocenters. The van der Waals surface area contributed by atoms with Gasteiger partial charge in [0.1, 0.15) is 5.82 Å². The Bertz CT molecular complexity index is 438. The monoisotopic (exact) mass is 234 g/mol. The van der Waals surface area contributed by atoms with Gasteiger partial charge in [-0.05, 0) is 42.5 Å². The Hall–Kier alpha value is -1.44. The van der Waals surface area contributed by atoms with Gasteiger partial charge in [-0.3, -0.25) is 0 Å². The van der Waals surface area contributed by atoms with Crippen LogP contribution in [0.1, 0.15) is 24.0 Å². The van der Waals surface area contributed by atoms with Crippen molar-refractivity contribution in [3.8, 4) is 6.07 Å². The standard InChI is InChI=1S/C13H15FN2O/c14-12-4-3-10(6-15)11(5-12)7-16-8-13(17)9-1-2-9/h3-5,9,13,16-17H,1-2,7-8H2. The molecule has 1 fully saturated rings. The maximum absolute atomic E-state index is 13.0. The molecule has 1 saturated carbocycles. The first-order valence-electron chi connectivity index (χ1n) is 5.78. The van der Waals surface area contributed by atoms with Crippen LogP contribution in [-0.4, -0.2) is 17.8 Å². The number of nitrogens with zero attached hydrogens (tertiary/aromatic N) is 1. The summed E-state index contributed by atoms with van der Waals surface area (Å²) in [5, 5.41) is 21.6. The van der Waals surface area contributed by atoms with Crippen molar-refractivity contribution < 1.29 is 9.50 Å². The molecule has 17 heavy (non-hydrogen) atoms. The van der Waals surface area contributed by atoms with Crippen LogP contribution < -0.4 is 5.32 Å². The number of hydrogen-bond acceptors (Lipinski definition) is 3. The van der Waals surface area contributed by atoms with E-state index in [-0.39, 0.29) is 11.9 Å². The zero-order valence-electron chi connectivity index (χ0n) is 9.49. The summed E-state index contributed by atoms with van der Waals surface area (Å²) >= 11 is 0. The van der Waals surface area contributed by atoms with Gasteiger partial charge in [-0.15, -0.1) is 0 Å². The summed E-state index contributed by atoms with van der Waals surface area (Å²) in [4.78, 5) is 0. The lowest BCUT2D eigenvalue weighted by Crippen LogP contribution is -2.28. The minimum atomic E-state index is -0.344. The maximum Gasteiger partial charge on any atom is 0.123 e. The van der Waals surface area contributed by atoms with Crippen molar-refractivity contribution in [2.45, 2.75) is 25.5 Å². The molecule has 0 saturated heterocycles. The number of aliphatic hydroxyl groups is 1. The third-order valence-electron chi connectivity index (χ3n) is 3.02. The van der Waals surface area contributed by atoms with Crippen molar-refractivity contribution in [1.29, 1.82) is 5.26 Å². The van der Waals surface area contributed by atoms with Gasteiger partial charge in [-0.25, -0.2) is 4.39 Å². The molecule has 4 heteroatoms. The van der Waals surface area contributed by atoms with Crippen molar-refractivity contribution >= 4 is 0 Å². The number of nitriles is 1. The predicted molar refractivity (Wildman–Crippen MR) is 61.6 cm³/mol. The summed E-state index contributed by atoms with van der Waals surface area (Å²) in [5.41, 5.74) is 1.11. The first kappa shape index (κ1) is 12.0. The van der Waals surface area contributed by atoms with E-state index in [0.29, 0.717) is 30.1 Å². The zero-order valence-corrected chi connectivity index (χ0v) is 9.49. The molecule has 1 aromatic carbocycles. The molecule has 0 radical (unpaired) electrons. The fourth-order valence-electron chi connectivity index (χ4n) is 1.82. The van der Waals surface area contributed by atoms with Crippen molar-refractivity contribution in [3.63, 3.8) is 0 Å². The van der Waals surface area contributed by atoms with Crippen molar-refractivity contribution in [3.05, 3.63) is 35.1 Å². The molecule has 0 bridgehead atoms. The quantitative estimate of drug-likeness (QED) is 0.812. The minimum absolute atomic E-state index is 0.325. The van der Waals surface area contributed by atoms with Crippen LogP contribution in [0.25, 0.3) is 0 Å². The second kappa shape index (κ2) is 5.26. The number of rotatable bonds is 5. The van der Waals surface area contributed by atoms with Gasteiger partial charge in [0.05, 0.1) is 17.7 Å². The van der Waals surface area contributed by atoms with E-state index in [1.54, 1.807) is 0 Å². The van der Waals surface area contributed by atoms with E-state index in [1.807, 2.05) is 6.07 Å². The molecule has 1 atom stereocenters. The second-order valence-electron chi connectivity index (χ2n) is 4.45. The SMILES string of the molecule is N#Cc1ccc(F)cc1CNCC(O)C1CC1. The van der Waals surface area contributed by atoms with E-state index in [1.165, 1.54) is 18.2 Å². The van der Waals surface area contributed by atoms with E-state index in [0.717, 1.165) is 12.8 Å². The van der Waals surface area contributed by atoms with Crippen molar-refractivity contribution in [2.24, 2.45) is 5.92 Å². The maximum atomic E-state index is 13.0. The van der Waals surface area contributed by atoms with Gasteiger partial charge in [0.2, 0.25) is 0 Å². The summed E-state index contributed by atoms with van der Waals surface area (Å²) in [6.07, 6.45) is 1.85. The van der Waals surface area contributed by atoms with E-state index in [9.17, 15) is 9.50 Å². The Balaban J connectivity index is 1.89. The number of hydrogen-bond donors (Lipinski definition) is 2. The van der Waals surface area contributed by atoms with Crippen molar-refractivity contribution in [2.75, 3.05) is 6.54 Å². The predicted octanol–water partition coefficient (Wildman–Crippen LogP) is 1.56. The van der Waals surface area contributed by atoms with Gasteiger partial charge in [-0.1, -0.05) is 0 Å². The van der Waals surface area contributed by atoms with Gasteiger partial charge >= 0.3 is 0 Å². The van der Waals surface area contributed by atoms with E-state index in [4.69, 9.17) is 5.26 Å². The molecule has 0 spiro atoms. The summed E-state index contributed by atoms with van der Waals surface area (Å²) in [7, 11) is 0. The lowest BCUT2D eigenvalue weighted by atomic mass is 10.1. The molecule has 0 heterocycles. The van der Waals surface area contributed by atoms with Gasteiger partial charge in [0.25, 0.3) is 0 Å². The molecule has 2 N–H and O–H groups in total. The molecular weight excluding hydrogens is 219 g/mol. The minimum Gasteiger partial charge on any atom is -0.392 e. The Morgan fingerprint density at radius 1 is 1.53 bits per heavy atom. The first-order chi connectivity index (χ1) is 8.20. The van der Waals surface area contributed by atoms with Gasteiger partial charge in [-0.2, -0.15) is 5.26 Å². The summed E-state index contributed by atoms with van der Waals surface area (Å²) in [5.74, 6) is 0.0778. The number of benzene rings is 1. The van der Waals surface area contributed by atoms with Crippen LogP contribution in [-0.2, 0) is 6.54 Å². The van der Waals surface area contributed by atoms with Gasteiger partial charge in [0, 0.05) is 13.1 Å². The van der Waals surface area contributed by atoms with Crippen LogP contribution in [0.3, 0.4) is 0 Å². The van der Waals surface area contributed by atoms with Crippen LogP contribution in [0.2, 0.25) is 0 Å². The molecule has 1 aliphatic rings. The molecule has 0 amide bonds. The van der Waals surface area contributed by atoms with E-state index >= 15 is 0 Å². The largest absolute Gasteiger partial charge is 0.392 e. The highest BCUT2D eigenvalue weighted by Crippen LogP contribution is 2.32. The zero-order chi connectivity index (χ0) is 12.3. The molecule has 90 valence electrons. The van der Waals surface area contributed by atoms with E-state index < -0.39 is 0 Å². The summed E-state index contributed by atoms with van der Waals surface area (Å²) in [6, 6.07) is 6.14. The van der Waals surface area contributed by atoms with E-state index in [2.05, 4.69) is 5.32 Å². The summed E-state index contributed by atoms with van der Waals surface area (Å²) in [6.45, 7) is 0.899. The molecule has 1 aromatic rings. The highest BCUT2D eigenvalue weighted by molar-refractivity contribution is 5.37. The molecule has 0 aliphatic heterocycles. The van der Waals surface area contributed by atoms with Crippen LogP contribution in [0, 0.1) is 23.1 Å². The topological polar surface area (TPSA) is 56.0 Å². The van der Waals surface area contributed by atoms with Gasteiger partial charge < -0.3 is 10.4 Å². The third-order valence-corrected chi connectivity index (χ3v) is 3.02. The normalized spacial score (nSPS) is 16.5. The Labute approximate surface area is 99.9 Å². The second-order valence-corrected chi connectivity index (χ2v) is 4.45. The Morgan fingerprint density at radius 3 is 2.94 bits per heavy atom. The fraction of sp³-hybridized carbons (Fsp3) is 0.462. The Morgan fingerprint density at radius 2 is 2.29 bits per heavy atom. The average Bonchev–Trinajstić information content (AvgIpc) is 3.13. The van der Waals surface area contributed by atoms with Crippen LogP contribution in [0.15, 0.2) is 18.2 Å². The average molecular weight is 234 g/mol. The first-order valence-corrected chi connectivity index (χ1v) is 5.78. The van der Waals surface area contributed by atoms with Crippen LogP contribution in [0.4, 0.5) is 4.39 Å². The Kier molecular flexibility index (Phi) is 3.72. The highest BCUT2D eigenvalue weighted by atomic mass is 19.1. The molecule has 1 aliphatic carbocycles. The number of nitrogens with one attached hydrogen (secondary N) is 1. The lowest BCUT2D eigenvalue weighted by Gasteiger charge is -2.11. The highest BCUT2D eigenvalue weighted by Gasteiger charge is 2.29. The fourth-order valence-corrected chi connectivity index (χ4v) is 1.82. The van der Waals surface area contributed by atoms with Crippen LogP contribution in [0.5, 0.6) is 0 Å². The molecular formula is C13H15FN2O. The molecule has 3 nitrogen and oxygen atoms in total. The van der Waals surface area contributed by atoms with Gasteiger partial charge in [0.15, 0.2) is 0 Å². The smallest absolute Gasteiger partial charge is 0.123 e. The van der Waals surface area contributed by atoms with Crippen LogP contribution >= 0.6 is 0 Å².